The van der Waals surface area contributed by atoms with Crippen LogP contribution in [-0.4, -0.2) is 13.2 Å². The molecule has 1 aromatic carbocycles. The molecule has 0 spiro atoms. The Hall–Kier alpha value is -1.55. The van der Waals surface area contributed by atoms with Gasteiger partial charge < -0.3 is 15.2 Å². The summed E-state index contributed by atoms with van der Waals surface area (Å²) in [4.78, 5) is 1.03. The third-order valence-electron chi connectivity index (χ3n) is 2.89. The molecule has 0 aliphatic heterocycles. The van der Waals surface area contributed by atoms with E-state index in [2.05, 4.69) is 22.0 Å². The van der Waals surface area contributed by atoms with E-state index in [1.807, 2.05) is 18.4 Å². The smallest absolute Gasteiger partial charge is 0.162 e. The monoisotopic (exact) mass is 366 g/mol. The quantitative estimate of drug-likeness (QED) is 0.872. The highest BCUT2D eigenvalue weighted by atomic mass is 79.9. The Morgan fingerprint density at radius 3 is 2.62 bits per heavy atom. The van der Waals surface area contributed by atoms with Crippen LogP contribution in [0.5, 0.6) is 11.5 Å². The van der Waals surface area contributed by atoms with E-state index in [0.717, 1.165) is 9.35 Å². The number of nitrogens with zero attached hydrogens (tertiary/aromatic N) is 1. The second-order valence-corrected chi connectivity index (χ2v) is 6.40. The lowest BCUT2D eigenvalue weighted by atomic mass is 10.1. The number of hydrogen-bond acceptors (Lipinski definition) is 5. The fourth-order valence-electron chi connectivity index (χ4n) is 1.87. The summed E-state index contributed by atoms with van der Waals surface area (Å²) in [7, 11) is 1.55. The van der Waals surface area contributed by atoms with Gasteiger partial charge in [-0.15, -0.1) is 11.3 Å². The van der Waals surface area contributed by atoms with E-state index in [-0.39, 0.29) is 12.1 Å². The summed E-state index contributed by atoms with van der Waals surface area (Å²) in [5, 5.41) is 10.9. The van der Waals surface area contributed by atoms with Crippen LogP contribution in [0.15, 0.2) is 34.1 Å². The van der Waals surface area contributed by atoms with E-state index in [1.165, 1.54) is 0 Å². The third-order valence-corrected chi connectivity index (χ3v) is 4.65. The lowest BCUT2D eigenvalue weighted by molar-refractivity contribution is 0.176. The fraction of sp³-hybridized carbons (Fsp3) is 0.267. The topological polar surface area (TPSA) is 68.3 Å². The summed E-state index contributed by atoms with van der Waals surface area (Å²) >= 11 is 5.02. The molecule has 1 aromatic heterocycles. The van der Waals surface area contributed by atoms with Crippen molar-refractivity contribution in [1.82, 2.24) is 0 Å². The Morgan fingerprint density at radius 1 is 1.33 bits per heavy atom. The van der Waals surface area contributed by atoms with Crippen LogP contribution >= 0.6 is 27.3 Å². The predicted octanol–water partition coefficient (Wildman–Crippen LogP) is 3.86. The number of ether oxygens (including phenoxy) is 2. The molecule has 0 saturated carbocycles. The minimum Gasteiger partial charge on any atom is -0.493 e. The molecule has 0 saturated heterocycles. The number of benzene rings is 1. The first-order valence-electron chi connectivity index (χ1n) is 6.29. The van der Waals surface area contributed by atoms with Crippen molar-refractivity contribution in [3.05, 3.63) is 44.6 Å². The second-order valence-electron chi connectivity index (χ2n) is 4.54. The maximum absolute atomic E-state index is 8.93. The number of halogens is 1. The number of hydrogen-bond donors (Lipinski definition) is 1. The highest BCUT2D eigenvalue weighted by molar-refractivity contribution is 9.10. The second kappa shape index (κ2) is 6.94. The van der Waals surface area contributed by atoms with Crippen molar-refractivity contribution in [1.29, 1.82) is 5.26 Å². The van der Waals surface area contributed by atoms with E-state index in [4.69, 9.17) is 20.5 Å². The van der Waals surface area contributed by atoms with Crippen molar-refractivity contribution in [2.24, 2.45) is 5.73 Å². The van der Waals surface area contributed by atoms with Gasteiger partial charge in [0.05, 0.1) is 18.7 Å². The maximum atomic E-state index is 8.93. The van der Waals surface area contributed by atoms with Crippen LogP contribution in [0.3, 0.4) is 0 Å². The molecule has 21 heavy (non-hydrogen) atoms. The average molecular weight is 367 g/mol. The summed E-state index contributed by atoms with van der Waals surface area (Å²) in [6, 6.07) is 8.96. The minimum atomic E-state index is -0.275. The van der Waals surface area contributed by atoms with Gasteiger partial charge >= 0.3 is 0 Å². The van der Waals surface area contributed by atoms with Crippen LogP contribution in [0.1, 0.15) is 23.5 Å². The number of rotatable bonds is 5. The molecular weight excluding hydrogens is 352 g/mol. The van der Waals surface area contributed by atoms with Crippen molar-refractivity contribution >= 4 is 27.3 Å². The van der Waals surface area contributed by atoms with Crippen LogP contribution in [0.25, 0.3) is 0 Å². The number of nitriles is 1. The van der Waals surface area contributed by atoms with Crippen molar-refractivity contribution in [2.45, 2.75) is 19.1 Å². The highest BCUT2D eigenvalue weighted by Gasteiger charge is 2.22. The number of nitrogens with two attached hydrogens (primary N) is 1. The number of methoxy groups -OCH3 is 1. The van der Waals surface area contributed by atoms with Gasteiger partial charge in [-0.3, -0.25) is 0 Å². The maximum Gasteiger partial charge on any atom is 0.162 e. The highest BCUT2D eigenvalue weighted by Crippen LogP contribution is 2.35. The Labute approximate surface area is 136 Å². The molecule has 4 nitrogen and oxygen atoms in total. The zero-order valence-electron chi connectivity index (χ0n) is 11.7. The first-order chi connectivity index (χ1) is 10.0. The van der Waals surface area contributed by atoms with E-state index >= 15 is 0 Å². The minimum absolute atomic E-state index is 0.184. The SMILES string of the molecule is COc1cc(C#N)ccc1OC(c1cc(Br)cs1)C(C)N. The summed E-state index contributed by atoms with van der Waals surface area (Å²) in [6.07, 6.45) is -0.275. The molecule has 0 amide bonds. The largest absolute Gasteiger partial charge is 0.493 e. The van der Waals surface area contributed by atoms with Crippen LogP contribution in [0.2, 0.25) is 0 Å². The molecule has 2 rings (SSSR count). The lowest BCUT2D eigenvalue weighted by Crippen LogP contribution is -2.28. The van der Waals surface area contributed by atoms with Gasteiger partial charge in [-0.2, -0.15) is 5.26 Å². The summed E-state index contributed by atoms with van der Waals surface area (Å²) in [6.45, 7) is 1.90. The van der Waals surface area contributed by atoms with E-state index < -0.39 is 0 Å². The number of thiophene rings is 1. The van der Waals surface area contributed by atoms with Crippen molar-refractivity contribution in [2.75, 3.05) is 7.11 Å². The van der Waals surface area contributed by atoms with Crippen molar-refractivity contribution in [3.63, 3.8) is 0 Å². The Morgan fingerprint density at radius 2 is 2.10 bits per heavy atom. The third kappa shape index (κ3) is 3.76. The van der Waals surface area contributed by atoms with E-state index in [9.17, 15) is 0 Å². The van der Waals surface area contributed by atoms with Gasteiger partial charge in [0, 0.05) is 26.8 Å². The van der Waals surface area contributed by atoms with E-state index in [0.29, 0.717) is 17.1 Å². The molecule has 1 heterocycles. The van der Waals surface area contributed by atoms with Crippen molar-refractivity contribution < 1.29 is 9.47 Å². The van der Waals surface area contributed by atoms with Gasteiger partial charge in [0.25, 0.3) is 0 Å². The van der Waals surface area contributed by atoms with Crippen LogP contribution in [0.4, 0.5) is 0 Å². The Balaban J connectivity index is 2.31. The first-order valence-corrected chi connectivity index (χ1v) is 7.96. The molecule has 0 aliphatic carbocycles. The molecule has 2 unspecified atom stereocenters. The zero-order chi connectivity index (χ0) is 15.4. The molecule has 2 aromatic rings. The van der Waals surface area contributed by atoms with Gasteiger partial charge in [0.2, 0.25) is 0 Å². The van der Waals surface area contributed by atoms with Gasteiger partial charge in [-0.25, -0.2) is 0 Å². The van der Waals surface area contributed by atoms with Gasteiger partial charge in [0.1, 0.15) is 6.10 Å². The van der Waals surface area contributed by atoms with Crippen molar-refractivity contribution in [3.8, 4) is 17.6 Å². The molecule has 2 N–H and O–H groups in total. The fourth-order valence-corrected chi connectivity index (χ4v) is 3.46. The Kier molecular flexibility index (Phi) is 5.23. The van der Waals surface area contributed by atoms with Gasteiger partial charge in [0.15, 0.2) is 11.5 Å². The molecule has 0 aliphatic rings. The molecule has 6 heteroatoms. The lowest BCUT2D eigenvalue weighted by Gasteiger charge is -2.22. The Bertz CT molecular complexity index is 664. The molecule has 2 atom stereocenters. The molecule has 110 valence electrons. The zero-order valence-corrected chi connectivity index (χ0v) is 14.1. The van der Waals surface area contributed by atoms with Gasteiger partial charge in [-0.1, -0.05) is 0 Å². The predicted molar refractivity (Wildman–Crippen MR) is 86.7 cm³/mol. The standard InChI is InChI=1S/C15H15BrN2O2S/c1-9(18)15(14-6-11(16)8-21-14)20-12-4-3-10(7-17)5-13(12)19-2/h3-6,8-9,15H,18H2,1-2H3. The normalized spacial score (nSPS) is 13.3. The summed E-state index contributed by atoms with van der Waals surface area (Å²) < 4.78 is 12.3. The molecule has 0 fully saturated rings. The van der Waals surface area contributed by atoms with Gasteiger partial charge in [-0.05, 0) is 41.1 Å². The van der Waals surface area contributed by atoms with Crippen LogP contribution < -0.4 is 15.2 Å². The first kappa shape index (κ1) is 15.8. The molecule has 0 bridgehead atoms. The summed E-state index contributed by atoms with van der Waals surface area (Å²) in [5.41, 5.74) is 6.57. The summed E-state index contributed by atoms with van der Waals surface area (Å²) in [5.74, 6) is 1.10. The van der Waals surface area contributed by atoms with Crippen LogP contribution in [-0.2, 0) is 0 Å². The average Bonchev–Trinajstić information content (AvgIpc) is 2.90. The molecular formula is C15H15BrN2O2S. The van der Waals surface area contributed by atoms with Crippen LogP contribution in [0, 0.1) is 11.3 Å². The molecule has 0 radical (unpaired) electrons. The van der Waals surface area contributed by atoms with E-state index in [1.54, 1.807) is 36.6 Å².